The number of aryl methyl sites for hydroxylation is 2. The number of nitrogens with one attached hydrogen (secondary N) is 1. The third-order valence-electron chi connectivity index (χ3n) is 4.68. The molecular weight excluding hydrogens is 346 g/mol. The van der Waals surface area contributed by atoms with Gasteiger partial charge in [-0.2, -0.15) is 4.98 Å². The fourth-order valence-electron chi connectivity index (χ4n) is 2.86. The molecule has 0 fully saturated rings. The van der Waals surface area contributed by atoms with Gasteiger partial charge < -0.3 is 9.64 Å². The Morgan fingerprint density at radius 3 is 2.42 bits per heavy atom. The molecule has 2 aromatic heterocycles. The maximum atomic E-state index is 10.8. The predicted octanol–water partition coefficient (Wildman–Crippen LogP) is 3.34. The molecule has 0 amide bonds. The molecule has 6 heteroatoms. The van der Waals surface area contributed by atoms with E-state index in [1.807, 2.05) is 0 Å². The highest BCUT2D eigenvalue weighted by atomic mass is 32.1. The van der Waals surface area contributed by atoms with Crippen LogP contribution in [0.5, 0.6) is 11.6 Å². The third kappa shape index (κ3) is 3.76. The predicted molar refractivity (Wildman–Crippen MR) is 105 cm³/mol. The van der Waals surface area contributed by atoms with Crippen LogP contribution in [0.2, 0.25) is 0 Å². The molecule has 5 nitrogen and oxygen atoms in total. The SMILES string of the molecule is CC[NH+](CC)Cc1nc(Oc2ccc(C=O)cc2)c2c(C)c(C)sc2n1. The zero-order valence-electron chi connectivity index (χ0n) is 15.6. The Kier molecular flexibility index (Phi) is 5.64. The van der Waals surface area contributed by atoms with Crippen molar-refractivity contribution in [1.82, 2.24) is 9.97 Å². The van der Waals surface area contributed by atoms with Crippen molar-refractivity contribution >= 4 is 27.8 Å². The number of benzene rings is 1. The molecule has 3 aromatic rings. The fourth-order valence-corrected chi connectivity index (χ4v) is 3.90. The number of aromatic nitrogens is 2. The van der Waals surface area contributed by atoms with Crippen LogP contribution in [-0.4, -0.2) is 29.3 Å². The molecule has 0 bridgehead atoms. The van der Waals surface area contributed by atoms with Crippen molar-refractivity contribution < 1.29 is 14.4 Å². The number of aldehydes is 1. The van der Waals surface area contributed by atoms with Gasteiger partial charge in [-0.05, 0) is 57.5 Å². The molecule has 0 aliphatic heterocycles. The number of fused-ring (bicyclic) bond motifs is 1. The largest absolute Gasteiger partial charge is 0.438 e. The van der Waals surface area contributed by atoms with Crippen molar-refractivity contribution in [1.29, 1.82) is 0 Å². The van der Waals surface area contributed by atoms with Crippen molar-refractivity contribution in [2.24, 2.45) is 0 Å². The summed E-state index contributed by atoms with van der Waals surface area (Å²) < 4.78 is 6.11. The van der Waals surface area contributed by atoms with Crippen LogP contribution in [0.15, 0.2) is 24.3 Å². The number of nitrogens with zero attached hydrogens (tertiary/aromatic N) is 2. The number of quaternary nitrogens is 1. The Bertz CT molecular complexity index is 915. The fraction of sp³-hybridized carbons (Fsp3) is 0.350. The van der Waals surface area contributed by atoms with Crippen LogP contribution < -0.4 is 9.64 Å². The first-order valence-electron chi connectivity index (χ1n) is 8.89. The summed E-state index contributed by atoms with van der Waals surface area (Å²) in [5.41, 5.74) is 1.78. The molecule has 0 unspecified atom stereocenters. The van der Waals surface area contributed by atoms with E-state index in [9.17, 15) is 4.79 Å². The number of rotatable bonds is 7. The van der Waals surface area contributed by atoms with Crippen molar-refractivity contribution in [3.63, 3.8) is 0 Å². The summed E-state index contributed by atoms with van der Waals surface area (Å²) >= 11 is 1.68. The van der Waals surface area contributed by atoms with Crippen molar-refractivity contribution in [2.75, 3.05) is 13.1 Å². The van der Waals surface area contributed by atoms with Crippen LogP contribution in [0.4, 0.5) is 0 Å². The first kappa shape index (κ1) is 18.5. The molecule has 136 valence electrons. The van der Waals surface area contributed by atoms with E-state index in [0.717, 1.165) is 47.5 Å². The van der Waals surface area contributed by atoms with Gasteiger partial charge in [-0.25, -0.2) is 4.98 Å². The summed E-state index contributed by atoms with van der Waals surface area (Å²) in [5, 5.41) is 0.977. The van der Waals surface area contributed by atoms with Gasteiger partial charge in [0.1, 0.15) is 23.4 Å². The Balaban J connectivity index is 2.03. The van der Waals surface area contributed by atoms with Gasteiger partial charge in [-0.1, -0.05) is 0 Å². The van der Waals surface area contributed by atoms with Crippen LogP contribution in [0, 0.1) is 13.8 Å². The Hall–Kier alpha value is -2.31. The van der Waals surface area contributed by atoms with Crippen LogP contribution in [0.3, 0.4) is 0 Å². The van der Waals surface area contributed by atoms with E-state index in [0.29, 0.717) is 17.2 Å². The van der Waals surface area contributed by atoms with Gasteiger partial charge in [-0.15, -0.1) is 11.3 Å². The van der Waals surface area contributed by atoms with E-state index < -0.39 is 0 Å². The summed E-state index contributed by atoms with van der Waals surface area (Å²) in [6, 6.07) is 7.07. The number of ether oxygens (including phenoxy) is 1. The zero-order valence-corrected chi connectivity index (χ0v) is 16.4. The number of hydrogen-bond donors (Lipinski definition) is 1. The summed E-state index contributed by atoms with van der Waals surface area (Å²) in [5.74, 6) is 2.06. The molecular formula is C20H24N3O2S+. The maximum absolute atomic E-state index is 10.8. The maximum Gasteiger partial charge on any atom is 0.231 e. The van der Waals surface area contributed by atoms with Gasteiger partial charge in [0.25, 0.3) is 0 Å². The van der Waals surface area contributed by atoms with E-state index >= 15 is 0 Å². The van der Waals surface area contributed by atoms with Gasteiger partial charge in [0.15, 0.2) is 5.82 Å². The number of carbonyl (C=O) groups is 1. The lowest BCUT2D eigenvalue weighted by molar-refractivity contribution is -0.910. The minimum absolute atomic E-state index is 0.595. The van der Waals surface area contributed by atoms with Crippen molar-refractivity contribution in [2.45, 2.75) is 34.2 Å². The lowest BCUT2D eigenvalue weighted by Crippen LogP contribution is -3.10. The monoisotopic (exact) mass is 370 g/mol. The van der Waals surface area contributed by atoms with Gasteiger partial charge in [0.2, 0.25) is 5.88 Å². The molecule has 3 rings (SSSR count). The average Bonchev–Trinajstić information content (AvgIpc) is 2.94. The summed E-state index contributed by atoms with van der Waals surface area (Å²) in [6.07, 6.45) is 0.823. The highest BCUT2D eigenvalue weighted by Gasteiger charge is 2.18. The second kappa shape index (κ2) is 7.93. The molecule has 0 aliphatic rings. The second-order valence-electron chi connectivity index (χ2n) is 6.33. The number of hydrogen-bond acceptors (Lipinski definition) is 5. The first-order chi connectivity index (χ1) is 12.5. The van der Waals surface area contributed by atoms with Crippen molar-refractivity contribution in [3.05, 3.63) is 46.1 Å². The van der Waals surface area contributed by atoms with Gasteiger partial charge in [-0.3, -0.25) is 4.79 Å². The highest BCUT2D eigenvalue weighted by molar-refractivity contribution is 7.18. The summed E-state index contributed by atoms with van der Waals surface area (Å²) in [4.78, 5) is 24.0. The second-order valence-corrected chi connectivity index (χ2v) is 7.53. The number of carbonyl (C=O) groups excluding carboxylic acids is 1. The van der Waals surface area contributed by atoms with E-state index in [1.165, 1.54) is 9.78 Å². The molecule has 0 atom stereocenters. The van der Waals surface area contributed by atoms with Gasteiger partial charge in [0.05, 0.1) is 18.5 Å². The summed E-state index contributed by atoms with van der Waals surface area (Å²) in [7, 11) is 0. The lowest BCUT2D eigenvalue weighted by atomic mass is 10.2. The van der Waals surface area contributed by atoms with E-state index in [2.05, 4.69) is 27.7 Å². The minimum Gasteiger partial charge on any atom is -0.438 e. The topological polar surface area (TPSA) is 56.5 Å². The molecule has 0 saturated heterocycles. The zero-order chi connectivity index (χ0) is 18.7. The molecule has 0 saturated carbocycles. The van der Waals surface area contributed by atoms with Crippen LogP contribution in [0.1, 0.15) is 40.5 Å². The molecule has 0 aliphatic carbocycles. The van der Waals surface area contributed by atoms with E-state index in [1.54, 1.807) is 35.6 Å². The van der Waals surface area contributed by atoms with Gasteiger partial charge in [0, 0.05) is 10.4 Å². The molecule has 26 heavy (non-hydrogen) atoms. The standard InChI is InChI=1S/C20H23N3O2S/c1-5-23(6-2)11-17-21-19(18-13(3)14(4)26-20(18)22-17)25-16-9-7-15(12-24)8-10-16/h7-10,12H,5-6,11H2,1-4H3/p+1. The Labute approximate surface area is 157 Å². The molecule has 0 spiro atoms. The third-order valence-corrected chi connectivity index (χ3v) is 5.78. The Morgan fingerprint density at radius 1 is 1.12 bits per heavy atom. The van der Waals surface area contributed by atoms with Crippen LogP contribution >= 0.6 is 11.3 Å². The normalized spacial score (nSPS) is 11.3. The Morgan fingerprint density at radius 2 is 1.81 bits per heavy atom. The number of thiophene rings is 1. The highest BCUT2D eigenvalue weighted by Crippen LogP contribution is 2.36. The average molecular weight is 370 g/mol. The first-order valence-corrected chi connectivity index (χ1v) is 9.70. The quantitative estimate of drug-likeness (QED) is 0.648. The molecule has 2 heterocycles. The van der Waals surface area contributed by atoms with E-state index in [-0.39, 0.29) is 0 Å². The lowest BCUT2D eigenvalue weighted by Gasteiger charge is -2.15. The van der Waals surface area contributed by atoms with Crippen molar-refractivity contribution in [3.8, 4) is 11.6 Å². The molecule has 1 N–H and O–H groups in total. The minimum atomic E-state index is 0.595. The molecule has 1 aromatic carbocycles. The van der Waals surface area contributed by atoms with Crippen LogP contribution in [0.25, 0.3) is 10.2 Å². The van der Waals surface area contributed by atoms with E-state index in [4.69, 9.17) is 14.7 Å². The van der Waals surface area contributed by atoms with Crippen LogP contribution in [-0.2, 0) is 6.54 Å². The smallest absolute Gasteiger partial charge is 0.231 e. The molecule has 0 radical (unpaired) electrons. The summed E-state index contributed by atoms with van der Waals surface area (Å²) in [6.45, 7) is 11.4. The van der Waals surface area contributed by atoms with Gasteiger partial charge >= 0.3 is 0 Å².